The second kappa shape index (κ2) is 2.86. The molecule has 0 amide bonds. The first-order valence-corrected chi connectivity index (χ1v) is 2.83. The van der Waals surface area contributed by atoms with Crippen molar-refractivity contribution in [2.24, 2.45) is 15.8 Å². The van der Waals surface area contributed by atoms with Gasteiger partial charge in [0.25, 0.3) is 11.8 Å². The SMILES string of the molecule is N=N/C(N)=N\c1nc(O)c(O)[nH]1. The van der Waals surface area contributed by atoms with Crippen molar-refractivity contribution in [3.05, 3.63) is 0 Å². The number of aromatic nitrogens is 2. The lowest BCUT2D eigenvalue weighted by atomic mass is 10.8. The summed E-state index contributed by atoms with van der Waals surface area (Å²) in [5, 5.41) is 20.3. The zero-order chi connectivity index (χ0) is 9.14. The maximum atomic E-state index is 8.77. The third-order valence-electron chi connectivity index (χ3n) is 0.989. The summed E-state index contributed by atoms with van der Waals surface area (Å²) in [6.45, 7) is 0. The van der Waals surface area contributed by atoms with Crippen LogP contribution in [0.1, 0.15) is 0 Å². The highest BCUT2D eigenvalue weighted by Gasteiger charge is 2.05. The van der Waals surface area contributed by atoms with Gasteiger partial charge in [-0.05, 0) is 0 Å². The van der Waals surface area contributed by atoms with E-state index in [4.69, 9.17) is 21.5 Å². The Morgan fingerprint density at radius 2 is 2.25 bits per heavy atom. The van der Waals surface area contributed by atoms with Gasteiger partial charge in [-0.3, -0.25) is 4.98 Å². The lowest BCUT2D eigenvalue weighted by Gasteiger charge is -1.84. The molecular formula is C4H6N6O2. The molecule has 0 spiro atoms. The molecule has 8 heteroatoms. The number of hydrogen-bond acceptors (Lipinski definition) is 5. The molecule has 1 rings (SSSR count). The number of guanidine groups is 1. The third-order valence-corrected chi connectivity index (χ3v) is 0.989. The topological polar surface area (TPSA) is 144 Å². The molecule has 1 heterocycles. The minimum absolute atomic E-state index is 0.112. The summed E-state index contributed by atoms with van der Waals surface area (Å²) in [5.41, 5.74) is 11.5. The number of H-pyrrole nitrogens is 1. The van der Waals surface area contributed by atoms with Crippen LogP contribution in [0.5, 0.6) is 11.8 Å². The van der Waals surface area contributed by atoms with E-state index in [2.05, 4.69) is 20.1 Å². The fourth-order valence-electron chi connectivity index (χ4n) is 0.529. The van der Waals surface area contributed by atoms with Crippen molar-refractivity contribution in [2.45, 2.75) is 0 Å². The van der Waals surface area contributed by atoms with E-state index in [-0.39, 0.29) is 11.9 Å². The van der Waals surface area contributed by atoms with Crippen LogP contribution in [0.3, 0.4) is 0 Å². The molecule has 0 atom stereocenters. The molecule has 0 aliphatic rings. The maximum Gasteiger partial charge on any atom is 0.276 e. The molecule has 0 saturated heterocycles. The predicted octanol–water partition coefficient (Wildman–Crippen LogP) is -0.202. The van der Waals surface area contributed by atoms with E-state index in [1.807, 2.05) is 0 Å². The Morgan fingerprint density at radius 3 is 2.67 bits per heavy atom. The summed E-state index contributed by atoms with van der Waals surface area (Å²) in [4.78, 5) is 8.94. The van der Waals surface area contributed by atoms with E-state index in [0.717, 1.165) is 0 Å². The minimum atomic E-state index is -0.577. The zero-order valence-corrected chi connectivity index (χ0v) is 5.81. The maximum absolute atomic E-state index is 8.77. The number of aliphatic imine (C=N–C) groups is 1. The Kier molecular flexibility index (Phi) is 1.90. The lowest BCUT2D eigenvalue weighted by Crippen LogP contribution is -2.05. The molecule has 0 bridgehead atoms. The molecular weight excluding hydrogens is 164 g/mol. The van der Waals surface area contributed by atoms with Crippen molar-refractivity contribution in [3.8, 4) is 11.8 Å². The fourth-order valence-corrected chi connectivity index (χ4v) is 0.529. The molecule has 0 radical (unpaired) electrons. The van der Waals surface area contributed by atoms with E-state index in [0.29, 0.717) is 0 Å². The molecule has 64 valence electrons. The highest BCUT2D eigenvalue weighted by atomic mass is 16.3. The fraction of sp³-hybridized carbons (Fsp3) is 0. The minimum Gasteiger partial charge on any atom is -0.491 e. The first-order valence-electron chi connectivity index (χ1n) is 2.83. The Morgan fingerprint density at radius 1 is 1.58 bits per heavy atom. The lowest BCUT2D eigenvalue weighted by molar-refractivity contribution is 0.386. The number of nitrogens with zero attached hydrogens (tertiary/aromatic N) is 3. The van der Waals surface area contributed by atoms with Crippen LogP contribution in [-0.4, -0.2) is 26.1 Å². The van der Waals surface area contributed by atoms with Crippen LogP contribution in [0, 0.1) is 5.53 Å². The molecule has 0 aromatic carbocycles. The second-order valence-electron chi connectivity index (χ2n) is 1.81. The molecule has 8 nitrogen and oxygen atoms in total. The Hall–Kier alpha value is -2.12. The Balaban J connectivity index is 2.97. The van der Waals surface area contributed by atoms with E-state index < -0.39 is 11.8 Å². The molecule has 0 aliphatic heterocycles. The Bertz CT molecular complexity index is 309. The summed E-state index contributed by atoms with van der Waals surface area (Å²) in [7, 11) is 0. The number of aromatic hydroxyl groups is 2. The number of rotatable bonds is 1. The van der Waals surface area contributed by atoms with Gasteiger partial charge in [0.1, 0.15) is 0 Å². The van der Waals surface area contributed by atoms with Gasteiger partial charge in [0.15, 0.2) is 0 Å². The highest BCUT2D eigenvalue weighted by Crippen LogP contribution is 2.23. The highest BCUT2D eigenvalue weighted by molar-refractivity contribution is 5.80. The molecule has 0 aliphatic carbocycles. The van der Waals surface area contributed by atoms with Crippen molar-refractivity contribution in [1.29, 1.82) is 5.53 Å². The first kappa shape index (κ1) is 7.98. The molecule has 0 unspecified atom stereocenters. The van der Waals surface area contributed by atoms with Crippen LogP contribution in [0.2, 0.25) is 0 Å². The van der Waals surface area contributed by atoms with Crippen molar-refractivity contribution in [1.82, 2.24) is 9.97 Å². The van der Waals surface area contributed by atoms with Gasteiger partial charge in [0.05, 0.1) is 0 Å². The largest absolute Gasteiger partial charge is 0.491 e. The molecule has 1 aromatic rings. The summed E-state index contributed by atoms with van der Waals surface area (Å²) in [5.74, 6) is -1.53. The summed E-state index contributed by atoms with van der Waals surface area (Å²) < 4.78 is 0. The van der Waals surface area contributed by atoms with Crippen molar-refractivity contribution < 1.29 is 10.2 Å². The van der Waals surface area contributed by atoms with Crippen LogP contribution < -0.4 is 5.73 Å². The van der Waals surface area contributed by atoms with Gasteiger partial charge in [0, 0.05) is 0 Å². The molecule has 6 N–H and O–H groups in total. The molecule has 12 heavy (non-hydrogen) atoms. The third kappa shape index (κ3) is 1.48. The zero-order valence-electron chi connectivity index (χ0n) is 5.81. The Labute approximate surface area is 66.3 Å². The quantitative estimate of drug-likeness (QED) is 0.226. The number of imidazole rings is 1. The van der Waals surface area contributed by atoms with Crippen LogP contribution in [0.25, 0.3) is 0 Å². The van der Waals surface area contributed by atoms with Crippen LogP contribution in [-0.2, 0) is 0 Å². The number of nitrogens with two attached hydrogens (primary N) is 1. The molecule has 0 saturated carbocycles. The van der Waals surface area contributed by atoms with Gasteiger partial charge in [-0.25, -0.2) is 5.53 Å². The molecule has 1 aromatic heterocycles. The summed E-state index contributed by atoms with van der Waals surface area (Å²) in [6, 6.07) is 0. The predicted molar refractivity (Wildman–Crippen MR) is 38.3 cm³/mol. The van der Waals surface area contributed by atoms with Gasteiger partial charge in [-0.1, -0.05) is 0 Å². The van der Waals surface area contributed by atoms with Crippen LogP contribution >= 0.6 is 0 Å². The van der Waals surface area contributed by atoms with Crippen LogP contribution in [0.15, 0.2) is 10.1 Å². The van der Waals surface area contributed by atoms with Gasteiger partial charge >= 0.3 is 0 Å². The molecule has 0 fully saturated rings. The first-order chi connectivity index (χ1) is 5.63. The number of hydrogen-bond donors (Lipinski definition) is 5. The summed E-state index contributed by atoms with van der Waals surface area (Å²) >= 11 is 0. The monoisotopic (exact) mass is 170 g/mol. The standard InChI is InChI=1S/C4H6N6O2/c5-3(10-6)9-4-7-1(11)2(12)8-4/h6,11-12H,(H3,5,7,8,9). The van der Waals surface area contributed by atoms with Gasteiger partial charge < -0.3 is 15.9 Å². The van der Waals surface area contributed by atoms with Crippen molar-refractivity contribution in [2.75, 3.05) is 0 Å². The summed E-state index contributed by atoms with van der Waals surface area (Å²) in [6.07, 6.45) is 0. The van der Waals surface area contributed by atoms with E-state index >= 15 is 0 Å². The second-order valence-corrected chi connectivity index (χ2v) is 1.81. The van der Waals surface area contributed by atoms with E-state index in [1.165, 1.54) is 0 Å². The van der Waals surface area contributed by atoms with E-state index in [1.54, 1.807) is 0 Å². The van der Waals surface area contributed by atoms with E-state index in [9.17, 15) is 0 Å². The normalized spacial score (nSPS) is 11.5. The smallest absolute Gasteiger partial charge is 0.276 e. The van der Waals surface area contributed by atoms with Gasteiger partial charge in [0.2, 0.25) is 11.9 Å². The average molecular weight is 170 g/mol. The average Bonchev–Trinajstić information content (AvgIpc) is 2.31. The number of nitrogens with one attached hydrogen (secondary N) is 2. The van der Waals surface area contributed by atoms with Gasteiger partial charge in [-0.15, -0.1) is 5.11 Å². The van der Waals surface area contributed by atoms with Crippen molar-refractivity contribution in [3.63, 3.8) is 0 Å². The van der Waals surface area contributed by atoms with Crippen LogP contribution in [0.4, 0.5) is 5.95 Å². The van der Waals surface area contributed by atoms with Crippen molar-refractivity contribution >= 4 is 11.9 Å². The van der Waals surface area contributed by atoms with Gasteiger partial charge in [-0.2, -0.15) is 9.98 Å². The number of aromatic amines is 1.